The van der Waals surface area contributed by atoms with Crippen LogP contribution in [0.5, 0.6) is 11.5 Å². The Balaban J connectivity index is 1.29. The number of benzene rings is 7. The molecule has 0 saturated carbocycles. The lowest BCUT2D eigenvalue weighted by Crippen LogP contribution is -2.34. The number of hydrogen-bond donors (Lipinski definition) is 0. The van der Waals surface area contributed by atoms with Gasteiger partial charge in [-0.3, -0.25) is 0 Å². The highest BCUT2D eigenvalue weighted by atomic mass is 16.5. The van der Waals surface area contributed by atoms with Gasteiger partial charge in [0.2, 0.25) is 0 Å². The molecule has 0 bridgehead atoms. The number of hydrogen-bond acceptors (Lipinski definition) is 3. The van der Waals surface area contributed by atoms with Crippen LogP contribution in [-0.4, -0.2) is 9.97 Å². The Morgan fingerprint density at radius 1 is 0.417 bits per heavy atom. The fourth-order valence-corrected chi connectivity index (χ4v) is 7.35. The highest BCUT2D eigenvalue weighted by molar-refractivity contribution is 5.93. The van der Waals surface area contributed by atoms with Crippen molar-refractivity contribution in [3.8, 4) is 45.3 Å². The van der Waals surface area contributed by atoms with Crippen LogP contribution in [0.25, 0.3) is 44.7 Å². The van der Waals surface area contributed by atoms with Gasteiger partial charge in [0.15, 0.2) is 5.82 Å². The highest BCUT2D eigenvalue weighted by Gasteiger charge is 2.46. The fourth-order valence-electron chi connectivity index (χ4n) is 7.35. The molecule has 226 valence electrons. The predicted molar refractivity (Wildman–Crippen MR) is 194 cm³/mol. The molecule has 0 saturated heterocycles. The first-order chi connectivity index (χ1) is 23.8. The molecule has 0 amide bonds. The first-order valence-corrected chi connectivity index (χ1v) is 16.3. The van der Waals surface area contributed by atoms with E-state index < -0.39 is 5.41 Å². The normalized spacial score (nSPS) is 12.9. The summed E-state index contributed by atoms with van der Waals surface area (Å²) in [6, 6.07) is 63.7. The highest BCUT2D eigenvalue weighted by Crippen LogP contribution is 2.56. The molecule has 7 aromatic carbocycles. The number of rotatable bonds is 5. The standard InChI is InChI=1S/C45H30N2O/c1-3-16-31(17-4-1)43-36-23-8-12-27-40(36)46-44(47-43)33-19-15-18-32(30-33)35-22-7-9-24-37(35)45(34-20-5-2-6-21-34)38-25-10-13-28-41(38)48-42-29-14-11-26-39(42)45/h1-30H. The molecular weight excluding hydrogens is 585 g/mol. The number of fused-ring (bicyclic) bond motifs is 3. The zero-order valence-electron chi connectivity index (χ0n) is 26.1. The molecule has 48 heavy (non-hydrogen) atoms. The second-order valence-corrected chi connectivity index (χ2v) is 12.1. The van der Waals surface area contributed by atoms with E-state index in [-0.39, 0.29) is 0 Å². The third-order valence-corrected chi connectivity index (χ3v) is 9.42. The molecule has 3 nitrogen and oxygen atoms in total. The molecule has 0 radical (unpaired) electrons. The Bertz CT molecular complexity index is 2390. The van der Waals surface area contributed by atoms with Crippen molar-refractivity contribution in [2.45, 2.75) is 5.41 Å². The van der Waals surface area contributed by atoms with Crippen molar-refractivity contribution < 1.29 is 4.74 Å². The third-order valence-electron chi connectivity index (χ3n) is 9.42. The smallest absolute Gasteiger partial charge is 0.160 e. The molecule has 0 N–H and O–H groups in total. The van der Waals surface area contributed by atoms with Gasteiger partial charge in [0, 0.05) is 27.6 Å². The van der Waals surface area contributed by atoms with Crippen molar-refractivity contribution in [2.75, 3.05) is 0 Å². The molecule has 8 aromatic rings. The molecule has 3 heteroatoms. The van der Waals surface area contributed by atoms with Crippen molar-refractivity contribution in [3.05, 3.63) is 204 Å². The van der Waals surface area contributed by atoms with Crippen molar-refractivity contribution in [1.29, 1.82) is 0 Å². The van der Waals surface area contributed by atoms with Gasteiger partial charge in [-0.25, -0.2) is 9.97 Å². The molecule has 0 spiro atoms. The lowest BCUT2D eigenvalue weighted by molar-refractivity contribution is 0.434. The minimum atomic E-state index is -0.626. The van der Waals surface area contributed by atoms with E-state index in [9.17, 15) is 0 Å². The van der Waals surface area contributed by atoms with Crippen LogP contribution in [0.1, 0.15) is 22.3 Å². The maximum absolute atomic E-state index is 6.56. The Kier molecular flexibility index (Phi) is 6.69. The average Bonchev–Trinajstić information content (AvgIpc) is 3.17. The van der Waals surface area contributed by atoms with Crippen LogP contribution in [0.3, 0.4) is 0 Å². The molecule has 0 fully saturated rings. The molecular formula is C45H30N2O. The molecule has 0 atom stereocenters. The third kappa shape index (κ3) is 4.44. The average molecular weight is 615 g/mol. The predicted octanol–water partition coefficient (Wildman–Crippen LogP) is 11.1. The summed E-state index contributed by atoms with van der Waals surface area (Å²) in [6.45, 7) is 0. The summed E-state index contributed by atoms with van der Waals surface area (Å²) in [5, 5.41) is 1.04. The van der Waals surface area contributed by atoms with E-state index in [4.69, 9.17) is 14.7 Å². The van der Waals surface area contributed by atoms with Gasteiger partial charge in [0.25, 0.3) is 0 Å². The Morgan fingerprint density at radius 3 is 1.73 bits per heavy atom. The summed E-state index contributed by atoms with van der Waals surface area (Å²) in [6.07, 6.45) is 0. The maximum atomic E-state index is 6.56. The monoisotopic (exact) mass is 614 g/mol. The molecule has 0 aliphatic carbocycles. The fraction of sp³-hybridized carbons (Fsp3) is 0.0222. The van der Waals surface area contributed by atoms with E-state index in [2.05, 4.69) is 152 Å². The summed E-state index contributed by atoms with van der Waals surface area (Å²) < 4.78 is 6.56. The van der Waals surface area contributed by atoms with E-state index in [1.807, 2.05) is 30.3 Å². The van der Waals surface area contributed by atoms with E-state index in [1.165, 1.54) is 11.1 Å². The second kappa shape index (κ2) is 11.5. The SMILES string of the molecule is c1ccc(-c2nc(-c3cccc(-c4ccccc4C4(c5ccccc5)c5ccccc5Oc5ccccc54)c3)nc3ccccc23)cc1. The minimum absolute atomic E-state index is 0.626. The van der Waals surface area contributed by atoms with E-state index in [0.717, 1.165) is 61.5 Å². The van der Waals surface area contributed by atoms with Crippen LogP contribution < -0.4 is 4.74 Å². The molecule has 1 aliphatic heterocycles. The van der Waals surface area contributed by atoms with Crippen LogP contribution in [0.2, 0.25) is 0 Å². The second-order valence-electron chi connectivity index (χ2n) is 12.1. The lowest BCUT2D eigenvalue weighted by atomic mass is 9.62. The number of nitrogens with zero attached hydrogens (tertiary/aromatic N) is 2. The van der Waals surface area contributed by atoms with Crippen LogP contribution in [0, 0.1) is 0 Å². The van der Waals surface area contributed by atoms with E-state index in [0.29, 0.717) is 5.82 Å². The van der Waals surface area contributed by atoms with Gasteiger partial charge in [-0.05, 0) is 46.5 Å². The molecule has 1 aromatic heterocycles. The molecule has 1 aliphatic rings. The minimum Gasteiger partial charge on any atom is -0.457 e. The number of ether oxygens (including phenoxy) is 1. The Labute approximate surface area is 279 Å². The van der Waals surface area contributed by atoms with E-state index >= 15 is 0 Å². The summed E-state index contributed by atoms with van der Waals surface area (Å²) >= 11 is 0. The quantitative estimate of drug-likeness (QED) is 0.193. The van der Waals surface area contributed by atoms with Crippen molar-refractivity contribution in [2.24, 2.45) is 0 Å². The van der Waals surface area contributed by atoms with Gasteiger partial charge < -0.3 is 4.74 Å². The molecule has 9 rings (SSSR count). The first kappa shape index (κ1) is 27.9. The zero-order valence-corrected chi connectivity index (χ0v) is 26.1. The van der Waals surface area contributed by atoms with Gasteiger partial charge in [0.1, 0.15) is 11.5 Å². The van der Waals surface area contributed by atoms with Gasteiger partial charge in [-0.1, -0.05) is 158 Å². The maximum Gasteiger partial charge on any atom is 0.160 e. The van der Waals surface area contributed by atoms with Crippen LogP contribution in [0.15, 0.2) is 182 Å². The Hall–Kier alpha value is -6.32. The van der Waals surface area contributed by atoms with Crippen LogP contribution >= 0.6 is 0 Å². The van der Waals surface area contributed by atoms with Crippen LogP contribution in [-0.2, 0) is 5.41 Å². The van der Waals surface area contributed by atoms with Crippen molar-refractivity contribution in [1.82, 2.24) is 9.97 Å². The van der Waals surface area contributed by atoms with Crippen molar-refractivity contribution in [3.63, 3.8) is 0 Å². The van der Waals surface area contributed by atoms with Gasteiger partial charge in [-0.15, -0.1) is 0 Å². The summed E-state index contributed by atoms with van der Waals surface area (Å²) in [5.41, 5.74) is 10.1. The lowest BCUT2D eigenvalue weighted by Gasteiger charge is -2.42. The van der Waals surface area contributed by atoms with Gasteiger partial charge in [-0.2, -0.15) is 0 Å². The van der Waals surface area contributed by atoms with Gasteiger partial charge in [0.05, 0.1) is 16.6 Å². The number of para-hydroxylation sites is 3. The van der Waals surface area contributed by atoms with E-state index in [1.54, 1.807) is 0 Å². The first-order valence-electron chi connectivity index (χ1n) is 16.3. The largest absolute Gasteiger partial charge is 0.457 e. The molecule has 0 unspecified atom stereocenters. The van der Waals surface area contributed by atoms with Crippen LogP contribution in [0.4, 0.5) is 0 Å². The molecule has 2 heterocycles. The topological polar surface area (TPSA) is 35.0 Å². The summed E-state index contributed by atoms with van der Waals surface area (Å²) in [4.78, 5) is 10.3. The summed E-state index contributed by atoms with van der Waals surface area (Å²) in [5.74, 6) is 2.43. The number of aromatic nitrogens is 2. The van der Waals surface area contributed by atoms with Crippen molar-refractivity contribution >= 4 is 10.9 Å². The summed E-state index contributed by atoms with van der Waals surface area (Å²) in [7, 11) is 0. The van der Waals surface area contributed by atoms with Gasteiger partial charge >= 0.3 is 0 Å². The Morgan fingerprint density at radius 2 is 0.979 bits per heavy atom. The zero-order chi connectivity index (χ0) is 31.9.